The molecular weight excluding hydrogens is 324 g/mol. The second kappa shape index (κ2) is 7.99. The molecule has 0 saturated carbocycles. The number of ether oxygens (including phenoxy) is 1. The molecule has 26 heavy (non-hydrogen) atoms. The van der Waals surface area contributed by atoms with Crippen molar-refractivity contribution in [3.8, 4) is 0 Å². The number of nitrogens with one attached hydrogen (secondary N) is 2. The highest BCUT2D eigenvalue weighted by Gasteiger charge is 2.29. The number of likely N-dealkylation sites (tertiary alicyclic amines) is 1. The molecule has 5 nitrogen and oxygen atoms in total. The minimum absolute atomic E-state index is 0.192. The van der Waals surface area contributed by atoms with Crippen molar-refractivity contribution in [2.75, 3.05) is 20.2 Å². The lowest BCUT2D eigenvalue weighted by molar-refractivity contribution is 0.00213. The van der Waals surface area contributed by atoms with E-state index in [4.69, 9.17) is 9.72 Å². The maximum atomic E-state index is 5.78. The quantitative estimate of drug-likeness (QED) is 0.718. The molecular formula is C21H26N4O. The molecule has 2 atom stereocenters. The summed E-state index contributed by atoms with van der Waals surface area (Å²) in [4.78, 5) is 10.5. The van der Waals surface area contributed by atoms with Gasteiger partial charge in [0, 0.05) is 32.8 Å². The number of aromatic nitrogens is 2. The number of aromatic amines is 1. The number of benzene rings is 2. The predicted octanol–water partition coefficient (Wildman–Crippen LogP) is 2.94. The molecule has 2 aromatic carbocycles. The summed E-state index contributed by atoms with van der Waals surface area (Å²) < 4.78 is 5.78. The topological polar surface area (TPSA) is 53.2 Å². The Morgan fingerprint density at radius 2 is 1.96 bits per heavy atom. The number of imidazole rings is 1. The van der Waals surface area contributed by atoms with Crippen LogP contribution in [-0.2, 0) is 17.8 Å². The molecule has 2 heterocycles. The lowest BCUT2D eigenvalue weighted by atomic mass is 10.0. The Kier molecular flexibility index (Phi) is 5.29. The van der Waals surface area contributed by atoms with Crippen LogP contribution in [0.1, 0.15) is 17.8 Å². The third-order valence-corrected chi connectivity index (χ3v) is 5.17. The number of H-pyrrole nitrogens is 1. The van der Waals surface area contributed by atoms with E-state index in [1.807, 2.05) is 25.3 Å². The number of para-hydroxylation sites is 2. The summed E-state index contributed by atoms with van der Waals surface area (Å²) in [5.74, 6) is 1.02. The van der Waals surface area contributed by atoms with Crippen molar-refractivity contribution in [2.45, 2.75) is 31.7 Å². The molecule has 1 aromatic heterocycles. The van der Waals surface area contributed by atoms with Crippen LogP contribution in [0.4, 0.5) is 0 Å². The van der Waals surface area contributed by atoms with Gasteiger partial charge in [0.25, 0.3) is 0 Å². The Hall–Kier alpha value is -2.21. The molecule has 2 unspecified atom stereocenters. The Labute approximate surface area is 154 Å². The minimum atomic E-state index is 0.192. The number of nitrogens with zero attached hydrogens (tertiary/aromatic N) is 2. The summed E-state index contributed by atoms with van der Waals surface area (Å²) in [5, 5.41) is 3.67. The standard InChI is InChI=1S/C21H26N4O/c1-26-20-14-25(15-21-23-17-9-5-6-10-18(17)24-21)12-11-19(20)22-13-16-7-3-2-4-8-16/h2-10,19-20,22H,11-15H2,1H3,(H,23,24). The first kappa shape index (κ1) is 17.2. The van der Waals surface area contributed by atoms with Crippen LogP contribution in [0, 0.1) is 0 Å². The number of fused-ring (bicyclic) bond motifs is 1. The van der Waals surface area contributed by atoms with Crippen molar-refractivity contribution < 1.29 is 4.74 Å². The fourth-order valence-electron chi connectivity index (χ4n) is 3.73. The van der Waals surface area contributed by atoms with Crippen LogP contribution in [0.3, 0.4) is 0 Å². The first-order valence-electron chi connectivity index (χ1n) is 9.28. The summed E-state index contributed by atoms with van der Waals surface area (Å²) in [6.07, 6.45) is 1.27. The lowest BCUT2D eigenvalue weighted by Crippen LogP contribution is -2.53. The summed E-state index contributed by atoms with van der Waals surface area (Å²) >= 11 is 0. The average Bonchev–Trinajstić information content (AvgIpc) is 3.10. The SMILES string of the molecule is COC1CN(Cc2nc3ccccc3[nH]2)CCC1NCc1ccccc1. The summed E-state index contributed by atoms with van der Waals surface area (Å²) in [6, 6.07) is 19.1. The van der Waals surface area contributed by atoms with Crippen molar-refractivity contribution >= 4 is 11.0 Å². The van der Waals surface area contributed by atoms with Crippen LogP contribution < -0.4 is 5.32 Å². The molecule has 0 bridgehead atoms. The lowest BCUT2D eigenvalue weighted by Gasteiger charge is -2.38. The van der Waals surface area contributed by atoms with Gasteiger partial charge in [0.15, 0.2) is 0 Å². The second-order valence-electron chi connectivity index (χ2n) is 6.97. The molecule has 3 aromatic rings. The van der Waals surface area contributed by atoms with Crippen LogP contribution in [0.2, 0.25) is 0 Å². The number of piperidine rings is 1. The Morgan fingerprint density at radius 1 is 1.15 bits per heavy atom. The van der Waals surface area contributed by atoms with Crippen molar-refractivity contribution in [2.24, 2.45) is 0 Å². The van der Waals surface area contributed by atoms with E-state index in [1.165, 1.54) is 5.56 Å². The van der Waals surface area contributed by atoms with Gasteiger partial charge in [-0.1, -0.05) is 42.5 Å². The Bertz CT molecular complexity index is 799. The van der Waals surface area contributed by atoms with E-state index in [0.717, 1.165) is 49.5 Å². The van der Waals surface area contributed by atoms with E-state index < -0.39 is 0 Å². The summed E-state index contributed by atoms with van der Waals surface area (Å²) in [5.41, 5.74) is 3.45. The van der Waals surface area contributed by atoms with Gasteiger partial charge in [-0.05, 0) is 24.1 Å². The van der Waals surface area contributed by atoms with Gasteiger partial charge in [-0.25, -0.2) is 4.98 Å². The van der Waals surface area contributed by atoms with Crippen LogP contribution in [0.15, 0.2) is 54.6 Å². The molecule has 0 aliphatic carbocycles. The van der Waals surface area contributed by atoms with Crippen molar-refractivity contribution in [1.29, 1.82) is 0 Å². The van der Waals surface area contributed by atoms with Crippen LogP contribution in [0.5, 0.6) is 0 Å². The molecule has 0 amide bonds. The van der Waals surface area contributed by atoms with Crippen molar-refractivity contribution in [3.05, 3.63) is 66.0 Å². The summed E-state index contributed by atoms with van der Waals surface area (Å²) in [7, 11) is 1.81. The van der Waals surface area contributed by atoms with Gasteiger partial charge >= 0.3 is 0 Å². The molecule has 1 saturated heterocycles. The zero-order valence-corrected chi connectivity index (χ0v) is 15.2. The molecule has 5 heteroatoms. The normalized spacial score (nSPS) is 21.3. The maximum Gasteiger partial charge on any atom is 0.121 e. The zero-order chi connectivity index (χ0) is 17.8. The highest BCUT2D eigenvalue weighted by Crippen LogP contribution is 2.18. The highest BCUT2D eigenvalue weighted by atomic mass is 16.5. The van der Waals surface area contributed by atoms with Gasteiger partial charge in [0.1, 0.15) is 5.82 Å². The van der Waals surface area contributed by atoms with Gasteiger partial charge in [-0.2, -0.15) is 0 Å². The minimum Gasteiger partial charge on any atom is -0.378 e. The fourth-order valence-corrected chi connectivity index (χ4v) is 3.73. The van der Waals surface area contributed by atoms with Gasteiger partial charge in [0.05, 0.1) is 23.7 Å². The average molecular weight is 350 g/mol. The first-order chi connectivity index (χ1) is 12.8. The van der Waals surface area contributed by atoms with Gasteiger partial charge in [-0.3, -0.25) is 4.90 Å². The monoisotopic (exact) mass is 350 g/mol. The van der Waals surface area contributed by atoms with Crippen LogP contribution >= 0.6 is 0 Å². The molecule has 2 N–H and O–H groups in total. The van der Waals surface area contributed by atoms with Crippen molar-refractivity contribution in [3.63, 3.8) is 0 Å². The number of methoxy groups -OCH3 is 1. The van der Waals surface area contributed by atoms with Gasteiger partial charge in [-0.15, -0.1) is 0 Å². The largest absolute Gasteiger partial charge is 0.378 e. The van der Waals surface area contributed by atoms with E-state index in [-0.39, 0.29) is 6.10 Å². The van der Waals surface area contributed by atoms with E-state index in [0.29, 0.717) is 6.04 Å². The predicted molar refractivity (Wildman–Crippen MR) is 104 cm³/mol. The van der Waals surface area contributed by atoms with Crippen LogP contribution in [-0.4, -0.2) is 47.2 Å². The summed E-state index contributed by atoms with van der Waals surface area (Å²) in [6.45, 7) is 3.68. The molecule has 1 aliphatic rings. The van der Waals surface area contributed by atoms with E-state index in [2.05, 4.69) is 51.6 Å². The molecule has 1 fully saturated rings. The Morgan fingerprint density at radius 3 is 2.77 bits per heavy atom. The van der Waals surface area contributed by atoms with E-state index in [1.54, 1.807) is 0 Å². The second-order valence-corrected chi connectivity index (χ2v) is 6.97. The molecule has 0 spiro atoms. The molecule has 0 radical (unpaired) electrons. The number of hydrogen-bond donors (Lipinski definition) is 2. The molecule has 1 aliphatic heterocycles. The van der Waals surface area contributed by atoms with E-state index >= 15 is 0 Å². The molecule has 136 valence electrons. The van der Waals surface area contributed by atoms with Crippen molar-refractivity contribution in [1.82, 2.24) is 20.2 Å². The van der Waals surface area contributed by atoms with Gasteiger partial charge in [0.2, 0.25) is 0 Å². The Balaban J connectivity index is 1.35. The third-order valence-electron chi connectivity index (χ3n) is 5.17. The molecule has 4 rings (SSSR count). The highest BCUT2D eigenvalue weighted by molar-refractivity contribution is 5.74. The van der Waals surface area contributed by atoms with Gasteiger partial charge < -0.3 is 15.0 Å². The smallest absolute Gasteiger partial charge is 0.121 e. The number of hydrogen-bond acceptors (Lipinski definition) is 4. The fraction of sp³-hybridized carbons (Fsp3) is 0.381. The van der Waals surface area contributed by atoms with Crippen LogP contribution in [0.25, 0.3) is 11.0 Å². The zero-order valence-electron chi connectivity index (χ0n) is 15.2. The third kappa shape index (κ3) is 3.96. The van der Waals surface area contributed by atoms with E-state index in [9.17, 15) is 0 Å². The maximum absolute atomic E-state index is 5.78. The number of rotatable bonds is 6. The first-order valence-corrected chi connectivity index (χ1v) is 9.28.